The lowest BCUT2D eigenvalue weighted by molar-refractivity contribution is 0.0777. The summed E-state index contributed by atoms with van der Waals surface area (Å²) < 4.78 is 37.4. The summed E-state index contributed by atoms with van der Waals surface area (Å²) in [5, 5.41) is 3.04. The fraction of sp³-hybridized carbons (Fsp3) is 0.333. The number of likely N-dealkylation sites (tertiary alicyclic amines) is 1. The number of nitrogens with one attached hydrogen (secondary N) is 1. The molecule has 2 fully saturated rings. The van der Waals surface area contributed by atoms with Gasteiger partial charge in [0, 0.05) is 62.1 Å². The van der Waals surface area contributed by atoms with Gasteiger partial charge >= 0.3 is 0 Å². The third-order valence-electron chi connectivity index (χ3n) is 7.70. The molecule has 1 N–H and O–H groups in total. The van der Waals surface area contributed by atoms with Crippen LogP contribution in [-0.2, 0) is 16.3 Å². The molecule has 0 bridgehead atoms. The minimum absolute atomic E-state index is 0.0465. The van der Waals surface area contributed by atoms with Gasteiger partial charge in [-0.1, -0.05) is 29.8 Å². The topological polar surface area (TPSA) is 86.8 Å². The van der Waals surface area contributed by atoms with E-state index < -0.39 is 15.7 Å². The molecule has 2 saturated heterocycles. The Morgan fingerprint density at radius 2 is 1.65 bits per heavy atom. The van der Waals surface area contributed by atoms with E-state index in [0.717, 1.165) is 37.9 Å². The Morgan fingerprint density at radius 3 is 2.30 bits per heavy atom. The average molecular weight is 584 g/mol. The van der Waals surface area contributed by atoms with Crippen molar-refractivity contribution in [1.82, 2.24) is 10.2 Å². The van der Waals surface area contributed by atoms with Crippen LogP contribution in [0.15, 0.2) is 71.6 Å². The molecular weight excluding hydrogens is 553 g/mol. The normalized spacial score (nSPS) is 18.6. The van der Waals surface area contributed by atoms with Gasteiger partial charge in [0.15, 0.2) is 9.84 Å². The summed E-state index contributed by atoms with van der Waals surface area (Å²) in [6.07, 6.45) is 2.69. The Balaban J connectivity index is 1.10. The third-order valence-corrected chi connectivity index (χ3v) is 9.14. The van der Waals surface area contributed by atoms with Gasteiger partial charge in [-0.05, 0) is 66.9 Å². The van der Waals surface area contributed by atoms with Gasteiger partial charge in [0.25, 0.3) is 11.8 Å². The number of hydrogen-bond donors (Lipinski definition) is 1. The van der Waals surface area contributed by atoms with Crippen molar-refractivity contribution < 1.29 is 22.4 Å². The number of halogens is 2. The Morgan fingerprint density at radius 1 is 0.975 bits per heavy atom. The first-order valence-corrected chi connectivity index (χ1v) is 15.5. The number of carbonyl (C=O) groups excluding carboxylic acids is 2. The minimum atomic E-state index is -3.30. The molecule has 10 heteroatoms. The van der Waals surface area contributed by atoms with Crippen molar-refractivity contribution in [2.24, 2.45) is 11.8 Å². The lowest BCUT2D eigenvalue weighted by Gasteiger charge is -2.24. The van der Waals surface area contributed by atoms with Crippen LogP contribution in [0.25, 0.3) is 0 Å². The number of carbonyl (C=O) groups is 2. The number of fused-ring (bicyclic) bond motifs is 1. The Bertz CT molecular complexity index is 1500. The van der Waals surface area contributed by atoms with E-state index >= 15 is 0 Å². The first kappa shape index (κ1) is 28.1. The van der Waals surface area contributed by atoms with Crippen LogP contribution in [-0.4, -0.2) is 64.1 Å². The van der Waals surface area contributed by atoms with Crippen molar-refractivity contribution >= 4 is 38.9 Å². The number of hydrogen-bond acceptors (Lipinski definition) is 5. The van der Waals surface area contributed by atoms with E-state index in [1.54, 1.807) is 11.0 Å². The Kier molecular flexibility index (Phi) is 8.14. The van der Waals surface area contributed by atoms with Gasteiger partial charge < -0.3 is 15.1 Å². The van der Waals surface area contributed by atoms with E-state index in [0.29, 0.717) is 37.0 Å². The molecule has 7 nitrogen and oxygen atoms in total. The summed E-state index contributed by atoms with van der Waals surface area (Å²) in [5.41, 5.74) is 2.69. The SMILES string of the molecule is CS(=O)(=O)c1ccc(C(=O)NCCCc2cccc(N3CC4CN(C(=O)c5c(F)cccc5Cl)CC4C3)c2)cc1. The molecule has 210 valence electrons. The first-order valence-electron chi connectivity index (χ1n) is 13.3. The number of amides is 2. The predicted octanol–water partition coefficient (Wildman–Crippen LogP) is 4.45. The zero-order valence-electron chi connectivity index (χ0n) is 22.1. The maximum absolute atomic E-state index is 14.3. The molecule has 0 radical (unpaired) electrons. The van der Waals surface area contributed by atoms with Crippen molar-refractivity contribution in [3.63, 3.8) is 0 Å². The standard InChI is InChI=1S/C30H31ClFN3O4S/c1-40(38,39)25-12-10-21(11-13-25)29(36)33-14-4-6-20-5-2-7-24(15-20)34-16-22-18-35(19-23(22)17-34)30(37)28-26(31)8-3-9-27(28)32/h2-3,5,7-13,15,22-23H,4,6,14,16-19H2,1H3,(H,33,36). The van der Waals surface area contributed by atoms with Crippen molar-refractivity contribution in [2.45, 2.75) is 17.7 Å². The lowest BCUT2D eigenvalue weighted by atomic mass is 10.0. The molecule has 0 aromatic heterocycles. The van der Waals surface area contributed by atoms with Crippen LogP contribution in [0.2, 0.25) is 5.02 Å². The van der Waals surface area contributed by atoms with Crippen LogP contribution in [0.3, 0.4) is 0 Å². The summed E-state index contributed by atoms with van der Waals surface area (Å²) in [7, 11) is -3.30. The van der Waals surface area contributed by atoms with Gasteiger partial charge in [-0.3, -0.25) is 9.59 Å². The van der Waals surface area contributed by atoms with E-state index in [4.69, 9.17) is 11.6 Å². The molecule has 0 spiro atoms. The molecule has 5 rings (SSSR count). The molecule has 40 heavy (non-hydrogen) atoms. The molecule has 2 heterocycles. The Hall–Kier alpha value is -3.43. The van der Waals surface area contributed by atoms with Gasteiger partial charge in [-0.15, -0.1) is 0 Å². The van der Waals surface area contributed by atoms with Crippen LogP contribution < -0.4 is 10.2 Å². The van der Waals surface area contributed by atoms with Crippen LogP contribution >= 0.6 is 11.6 Å². The number of sulfone groups is 1. The quantitative estimate of drug-likeness (QED) is 0.396. The summed E-state index contributed by atoms with van der Waals surface area (Å²) in [5.74, 6) is -0.526. The molecule has 2 atom stereocenters. The zero-order valence-corrected chi connectivity index (χ0v) is 23.7. The molecule has 0 saturated carbocycles. The molecule has 3 aromatic rings. The average Bonchev–Trinajstić information content (AvgIpc) is 3.51. The van der Waals surface area contributed by atoms with Crippen LogP contribution in [0.5, 0.6) is 0 Å². The number of aryl methyl sites for hydroxylation is 1. The highest BCUT2D eigenvalue weighted by Crippen LogP contribution is 2.35. The molecule has 2 aliphatic rings. The van der Waals surface area contributed by atoms with Crippen LogP contribution in [0.4, 0.5) is 10.1 Å². The fourth-order valence-corrected chi connectivity index (χ4v) is 6.46. The largest absolute Gasteiger partial charge is 0.371 e. The van der Waals surface area contributed by atoms with E-state index in [2.05, 4.69) is 28.4 Å². The third kappa shape index (κ3) is 6.15. The van der Waals surface area contributed by atoms with Gasteiger partial charge in [0.1, 0.15) is 5.82 Å². The van der Waals surface area contributed by atoms with E-state index in [-0.39, 0.29) is 27.3 Å². The summed E-state index contributed by atoms with van der Waals surface area (Å²) in [6.45, 7) is 3.33. The maximum atomic E-state index is 14.3. The number of benzene rings is 3. The minimum Gasteiger partial charge on any atom is -0.371 e. The second-order valence-electron chi connectivity index (χ2n) is 10.6. The van der Waals surface area contributed by atoms with Crippen LogP contribution in [0.1, 0.15) is 32.7 Å². The van der Waals surface area contributed by atoms with E-state index in [1.807, 2.05) is 6.07 Å². The van der Waals surface area contributed by atoms with Crippen molar-refractivity contribution in [2.75, 3.05) is 43.9 Å². The lowest BCUT2D eigenvalue weighted by Crippen LogP contribution is -2.34. The second kappa shape index (κ2) is 11.6. The molecule has 3 aromatic carbocycles. The summed E-state index contributed by atoms with van der Waals surface area (Å²) in [4.78, 5) is 29.6. The van der Waals surface area contributed by atoms with Gasteiger partial charge in [-0.2, -0.15) is 0 Å². The van der Waals surface area contributed by atoms with E-state index in [9.17, 15) is 22.4 Å². The van der Waals surface area contributed by atoms with Crippen LogP contribution in [0, 0.1) is 17.7 Å². The molecule has 2 unspecified atom stereocenters. The number of anilines is 1. The number of rotatable bonds is 8. The van der Waals surface area contributed by atoms with Gasteiger partial charge in [0.2, 0.25) is 0 Å². The predicted molar refractivity (Wildman–Crippen MR) is 153 cm³/mol. The summed E-state index contributed by atoms with van der Waals surface area (Å²) >= 11 is 6.11. The first-order chi connectivity index (χ1) is 19.1. The highest BCUT2D eigenvalue weighted by molar-refractivity contribution is 7.90. The second-order valence-corrected chi connectivity index (χ2v) is 13.0. The van der Waals surface area contributed by atoms with Crippen molar-refractivity contribution in [3.05, 3.63) is 94.3 Å². The maximum Gasteiger partial charge on any atom is 0.258 e. The molecule has 2 amide bonds. The highest BCUT2D eigenvalue weighted by atomic mass is 35.5. The molecular formula is C30H31ClFN3O4S. The van der Waals surface area contributed by atoms with Gasteiger partial charge in [-0.25, -0.2) is 12.8 Å². The molecule has 0 aliphatic carbocycles. The monoisotopic (exact) mass is 583 g/mol. The Labute approximate surface area is 238 Å². The summed E-state index contributed by atoms with van der Waals surface area (Å²) in [6, 6.07) is 18.6. The number of nitrogens with zero attached hydrogens (tertiary/aromatic N) is 2. The fourth-order valence-electron chi connectivity index (χ4n) is 5.59. The molecule has 2 aliphatic heterocycles. The van der Waals surface area contributed by atoms with Crippen molar-refractivity contribution in [1.29, 1.82) is 0 Å². The van der Waals surface area contributed by atoms with E-state index in [1.165, 1.54) is 42.0 Å². The smallest absolute Gasteiger partial charge is 0.258 e. The van der Waals surface area contributed by atoms with Gasteiger partial charge in [0.05, 0.1) is 15.5 Å². The van der Waals surface area contributed by atoms with Crippen molar-refractivity contribution in [3.8, 4) is 0 Å². The zero-order chi connectivity index (χ0) is 28.4. The highest BCUT2D eigenvalue weighted by Gasteiger charge is 2.42.